The van der Waals surface area contributed by atoms with Gasteiger partial charge in [0, 0.05) is 0 Å². The molecule has 0 saturated carbocycles. The zero-order chi connectivity index (χ0) is 9.40. The third-order valence-corrected chi connectivity index (χ3v) is 1.47. The van der Waals surface area contributed by atoms with Gasteiger partial charge >= 0.3 is 0 Å². The van der Waals surface area contributed by atoms with Crippen molar-refractivity contribution < 1.29 is 4.74 Å². The van der Waals surface area contributed by atoms with Gasteiger partial charge in [-0.1, -0.05) is 12.7 Å². The molecule has 0 atom stereocenters. The normalized spacial score (nSPS) is 12.2. The molecular weight excluding hydrogens is 148 g/mol. The highest BCUT2D eigenvalue weighted by Crippen LogP contribution is 2.10. The molecule has 0 aromatic rings. The molecule has 0 saturated heterocycles. The summed E-state index contributed by atoms with van der Waals surface area (Å²) in [6, 6.07) is 0. The third-order valence-electron chi connectivity index (χ3n) is 1.47. The van der Waals surface area contributed by atoms with Crippen LogP contribution in [0.1, 0.15) is 20.8 Å². The molecular formula is C11H16O. The van der Waals surface area contributed by atoms with Gasteiger partial charge < -0.3 is 4.74 Å². The van der Waals surface area contributed by atoms with Crippen LogP contribution in [-0.4, -0.2) is 6.61 Å². The van der Waals surface area contributed by atoms with E-state index in [1.807, 2.05) is 32.9 Å². The van der Waals surface area contributed by atoms with Gasteiger partial charge in [-0.05, 0) is 38.5 Å². The standard InChI is InChI=1S/C11H16O/c1-5-8-9-11(12-7-3)10(4)6-2/h6,8-9H,1,7H2,2-4H3. The average molecular weight is 164 g/mol. The minimum atomic E-state index is 0.683. The number of ether oxygens (including phenoxy) is 1. The quantitative estimate of drug-likeness (QED) is 0.352. The molecule has 0 amide bonds. The third kappa shape index (κ3) is 3.85. The lowest BCUT2D eigenvalue weighted by Gasteiger charge is -2.06. The first kappa shape index (κ1) is 10.8. The predicted octanol–water partition coefficient (Wildman–Crippen LogP) is 3.21. The van der Waals surface area contributed by atoms with E-state index >= 15 is 0 Å². The monoisotopic (exact) mass is 164 g/mol. The highest BCUT2D eigenvalue weighted by Gasteiger charge is 1.96. The Balaban J connectivity index is 4.53. The van der Waals surface area contributed by atoms with Crippen molar-refractivity contribution in [2.24, 2.45) is 0 Å². The van der Waals surface area contributed by atoms with E-state index in [1.54, 1.807) is 6.08 Å². The molecule has 0 aromatic heterocycles. The SMILES string of the molecule is C=C=CC=C(OCC)C(C)=CC. The fraction of sp³-hybridized carbons (Fsp3) is 0.364. The fourth-order valence-electron chi connectivity index (χ4n) is 0.726. The van der Waals surface area contributed by atoms with Crippen LogP contribution >= 0.6 is 0 Å². The molecule has 0 bridgehead atoms. The van der Waals surface area contributed by atoms with E-state index in [-0.39, 0.29) is 0 Å². The number of hydrogen-bond donors (Lipinski definition) is 0. The van der Waals surface area contributed by atoms with E-state index in [4.69, 9.17) is 4.74 Å². The largest absolute Gasteiger partial charge is 0.494 e. The van der Waals surface area contributed by atoms with Crippen molar-refractivity contribution in [2.45, 2.75) is 20.8 Å². The molecule has 0 fully saturated rings. The van der Waals surface area contributed by atoms with Crippen molar-refractivity contribution in [1.82, 2.24) is 0 Å². The van der Waals surface area contributed by atoms with Gasteiger partial charge in [-0.15, -0.1) is 5.73 Å². The summed E-state index contributed by atoms with van der Waals surface area (Å²) in [5.74, 6) is 0.885. The summed E-state index contributed by atoms with van der Waals surface area (Å²) in [4.78, 5) is 0. The fourth-order valence-corrected chi connectivity index (χ4v) is 0.726. The number of allylic oxidation sites excluding steroid dienone is 4. The number of rotatable bonds is 4. The van der Waals surface area contributed by atoms with Gasteiger partial charge in [0.2, 0.25) is 0 Å². The van der Waals surface area contributed by atoms with Crippen molar-refractivity contribution in [1.29, 1.82) is 0 Å². The molecule has 0 N–H and O–H groups in total. The highest BCUT2D eigenvalue weighted by atomic mass is 16.5. The molecule has 0 spiro atoms. The minimum absolute atomic E-state index is 0.683. The predicted molar refractivity (Wildman–Crippen MR) is 52.9 cm³/mol. The second-order valence-electron chi connectivity index (χ2n) is 2.31. The average Bonchev–Trinajstić information content (AvgIpc) is 2.11. The maximum atomic E-state index is 5.39. The van der Waals surface area contributed by atoms with Gasteiger partial charge in [0.25, 0.3) is 0 Å². The minimum Gasteiger partial charge on any atom is -0.494 e. The Morgan fingerprint density at radius 3 is 2.67 bits per heavy atom. The van der Waals surface area contributed by atoms with Crippen LogP contribution in [0.3, 0.4) is 0 Å². The van der Waals surface area contributed by atoms with Gasteiger partial charge in [-0.2, -0.15) is 0 Å². The molecule has 0 unspecified atom stereocenters. The van der Waals surface area contributed by atoms with E-state index in [0.29, 0.717) is 6.61 Å². The van der Waals surface area contributed by atoms with Crippen LogP contribution in [0.25, 0.3) is 0 Å². The summed E-state index contributed by atoms with van der Waals surface area (Å²) in [6.07, 6.45) is 5.63. The first-order chi connectivity index (χ1) is 5.76. The van der Waals surface area contributed by atoms with Gasteiger partial charge in [0.1, 0.15) is 5.76 Å². The summed E-state index contributed by atoms with van der Waals surface area (Å²) < 4.78 is 5.39. The van der Waals surface area contributed by atoms with Gasteiger partial charge in [0.05, 0.1) is 6.61 Å². The molecule has 0 heterocycles. The summed E-state index contributed by atoms with van der Waals surface area (Å²) in [6.45, 7) is 10.1. The summed E-state index contributed by atoms with van der Waals surface area (Å²) in [5.41, 5.74) is 3.81. The molecule has 12 heavy (non-hydrogen) atoms. The molecule has 1 heteroatoms. The topological polar surface area (TPSA) is 9.23 Å². The molecule has 0 rings (SSSR count). The molecule has 0 aliphatic rings. The summed E-state index contributed by atoms with van der Waals surface area (Å²) >= 11 is 0. The van der Waals surface area contributed by atoms with Crippen molar-refractivity contribution in [3.05, 3.63) is 41.9 Å². The Morgan fingerprint density at radius 2 is 2.25 bits per heavy atom. The molecule has 0 aromatic carbocycles. The maximum Gasteiger partial charge on any atom is 0.122 e. The van der Waals surface area contributed by atoms with Crippen LogP contribution in [0.2, 0.25) is 0 Å². The Labute approximate surface area is 74.7 Å². The van der Waals surface area contributed by atoms with E-state index in [0.717, 1.165) is 11.3 Å². The van der Waals surface area contributed by atoms with Crippen LogP contribution in [-0.2, 0) is 4.74 Å². The van der Waals surface area contributed by atoms with Crippen LogP contribution in [0.4, 0.5) is 0 Å². The van der Waals surface area contributed by atoms with Crippen LogP contribution < -0.4 is 0 Å². The van der Waals surface area contributed by atoms with Crippen LogP contribution in [0, 0.1) is 0 Å². The Hall–Kier alpha value is -1.20. The van der Waals surface area contributed by atoms with Crippen LogP contribution in [0.15, 0.2) is 41.9 Å². The number of hydrogen-bond acceptors (Lipinski definition) is 1. The molecule has 0 aliphatic heterocycles. The summed E-state index contributed by atoms with van der Waals surface area (Å²) in [5, 5.41) is 0. The van der Waals surface area contributed by atoms with Gasteiger partial charge in [0.15, 0.2) is 0 Å². The zero-order valence-electron chi connectivity index (χ0n) is 8.05. The second kappa shape index (κ2) is 6.51. The van der Waals surface area contributed by atoms with Crippen molar-refractivity contribution in [3.63, 3.8) is 0 Å². The Kier molecular flexibility index (Phi) is 5.86. The van der Waals surface area contributed by atoms with Crippen molar-refractivity contribution in [2.75, 3.05) is 6.61 Å². The zero-order valence-corrected chi connectivity index (χ0v) is 8.05. The first-order valence-corrected chi connectivity index (χ1v) is 4.08. The molecule has 0 aliphatic carbocycles. The first-order valence-electron chi connectivity index (χ1n) is 4.08. The van der Waals surface area contributed by atoms with Gasteiger partial charge in [-0.3, -0.25) is 0 Å². The lowest BCUT2D eigenvalue weighted by molar-refractivity contribution is 0.237. The Bertz CT molecular complexity index is 227. The summed E-state index contributed by atoms with van der Waals surface area (Å²) in [7, 11) is 0. The van der Waals surface area contributed by atoms with E-state index in [1.165, 1.54) is 0 Å². The molecule has 66 valence electrons. The second-order valence-corrected chi connectivity index (χ2v) is 2.31. The smallest absolute Gasteiger partial charge is 0.122 e. The van der Waals surface area contributed by atoms with Crippen LogP contribution in [0.5, 0.6) is 0 Å². The van der Waals surface area contributed by atoms with Crippen molar-refractivity contribution in [3.8, 4) is 0 Å². The lowest BCUT2D eigenvalue weighted by Crippen LogP contribution is -1.92. The van der Waals surface area contributed by atoms with E-state index < -0.39 is 0 Å². The highest BCUT2D eigenvalue weighted by molar-refractivity contribution is 5.26. The Morgan fingerprint density at radius 1 is 1.58 bits per heavy atom. The van der Waals surface area contributed by atoms with E-state index in [9.17, 15) is 0 Å². The van der Waals surface area contributed by atoms with Gasteiger partial charge in [-0.25, -0.2) is 0 Å². The molecule has 0 radical (unpaired) electrons. The van der Waals surface area contributed by atoms with E-state index in [2.05, 4.69) is 12.3 Å². The lowest BCUT2D eigenvalue weighted by atomic mass is 10.2. The maximum absolute atomic E-state index is 5.39. The van der Waals surface area contributed by atoms with Crippen molar-refractivity contribution >= 4 is 0 Å². The molecule has 1 nitrogen and oxygen atoms in total.